The lowest BCUT2D eigenvalue weighted by atomic mass is 10.4. The van der Waals surface area contributed by atoms with Gasteiger partial charge in [-0.05, 0) is 0 Å². The Labute approximate surface area is 65.5 Å². The number of pyridine rings is 1. The van der Waals surface area contributed by atoms with Crippen molar-refractivity contribution in [3.05, 3.63) is 30.6 Å². The predicted octanol–water partition coefficient (Wildman–Crippen LogP) is -0.150. The first-order valence-electron chi connectivity index (χ1n) is 3.51. The van der Waals surface area contributed by atoms with E-state index in [0.29, 0.717) is 13.0 Å². The molecule has 58 valence electrons. The minimum atomic E-state index is -0.263. The average Bonchev–Trinajstić information content (AvgIpc) is 2.03. The monoisotopic (exact) mass is 151 g/mol. The predicted molar refractivity (Wildman–Crippen MR) is 40.4 cm³/mol. The number of carbonyl (C=O) groups excluding carboxylic acids is 1. The number of primary amides is 1. The van der Waals surface area contributed by atoms with E-state index >= 15 is 0 Å². The van der Waals surface area contributed by atoms with E-state index in [2.05, 4.69) is 0 Å². The molecule has 1 aromatic rings. The number of nitrogens with two attached hydrogens (primary N) is 1. The summed E-state index contributed by atoms with van der Waals surface area (Å²) >= 11 is 0. The zero-order valence-electron chi connectivity index (χ0n) is 6.23. The zero-order valence-corrected chi connectivity index (χ0v) is 6.23. The topological polar surface area (TPSA) is 47.0 Å². The van der Waals surface area contributed by atoms with Crippen LogP contribution in [-0.2, 0) is 11.3 Å². The van der Waals surface area contributed by atoms with Gasteiger partial charge in [0.25, 0.3) is 0 Å². The SMILES string of the molecule is NC(=O)CC[n+]1ccccc1. The van der Waals surface area contributed by atoms with Crippen LogP contribution < -0.4 is 10.3 Å². The maximum Gasteiger partial charge on any atom is 0.223 e. The van der Waals surface area contributed by atoms with Crippen LogP contribution in [0.25, 0.3) is 0 Å². The third kappa shape index (κ3) is 2.80. The normalized spacial score (nSPS) is 9.45. The second-order valence-corrected chi connectivity index (χ2v) is 2.33. The van der Waals surface area contributed by atoms with Crippen LogP contribution in [0.2, 0.25) is 0 Å². The van der Waals surface area contributed by atoms with E-state index in [1.165, 1.54) is 0 Å². The lowest BCUT2D eigenvalue weighted by Crippen LogP contribution is -2.34. The van der Waals surface area contributed by atoms with E-state index in [-0.39, 0.29) is 5.91 Å². The first kappa shape index (κ1) is 7.72. The summed E-state index contributed by atoms with van der Waals surface area (Å²) in [5.74, 6) is -0.263. The molecule has 3 nitrogen and oxygen atoms in total. The van der Waals surface area contributed by atoms with Crippen LogP contribution in [0.5, 0.6) is 0 Å². The standard InChI is InChI=1S/C8H10N2O/c9-8(11)4-7-10-5-2-1-3-6-10/h1-3,5-6H,4,7H2,(H-,9,11)/p+1. The Kier molecular flexibility index (Phi) is 2.60. The smallest absolute Gasteiger partial charge is 0.223 e. The molecule has 0 saturated heterocycles. The minimum absolute atomic E-state index is 0.263. The summed E-state index contributed by atoms with van der Waals surface area (Å²) in [5.41, 5.74) is 4.99. The molecule has 0 aliphatic carbocycles. The van der Waals surface area contributed by atoms with E-state index in [4.69, 9.17) is 5.73 Å². The number of hydrogen-bond donors (Lipinski definition) is 1. The third-order valence-corrected chi connectivity index (χ3v) is 1.39. The molecule has 11 heavy (non-hydrogen) atoms. The molecular formula is C8H11N2O+. The molecule has 0 fully saturated rings. The van der Waals surface area contributed by atoms with Crippen LogP contribution in [-0.4, -0.2) is 5.91 Å². The van der Waals surface area contributed by atoms with Gasteiger partial charge in [-0.15, -0.1) is 0 Å². The van der Waals surface area contributed by atoms with E-state index in [1.54, 1.807) is 0 Å². The molecule has 0 saturated carbocycles. The molecule has 0 unspecified atom stereocenters. The van der Waals surface area contributed by atoms with Gasteiger partial charge in [0, 0.05) is 12.1 Å². The lowest BCUT2D eigenvalue weighted by Gasteiger charge is -1.91. The fourth-order valence-electron chi connectivity index (χ4n) is 0.823. The fourth-order valence-corrected chi connectivity index (χ4v) is 0.823. The van der Waals surface area contributed by atoms with Gasteiger partial charge < -0.3 is 5.73 Å². The van der Waals surface area contributed by atoms with Crippen LogP contribution in [0.15, 0.2) is 30.6 Å². The third-order valence-electron chi connectivity index (χ3n) is 1.39. The Morgan fingerprint density at radius 2 is 1.91 bits per heavy atom. The highest BCUT2D eigenvalue weighted by Gasteiger charge is 2.00. The average molecular weight is 151 g/mol. The van der Waals surface area contributed by atoms with Gasteiger partial charge in [-0.1, -0.05) is 6.07 Å². The van der Waals surface area contributed by atoms with Crippen LogP contribution in [0.3, 0.4) is 0 Å². The van der Waals surface area contributed by atoms with Crippen molar-refractivity contribution < 1.29 is 9.36 Å². The van der Waals surface area contributed by atoms with Crippen LogP contribution in [0.1, 0.15) is 6.42 Å². The quantitative estimate of drug-likeness (QED) is 0.600. The Balaban J connectivity index is 2.45. The summed E-state index contributed by atoms with van der Waals surface area (Å²) in [4.78, 5) is 10.4. The number of aromatic nitrogens is 1. The fraction of sp³-hybridized carbons (Fsp3) is 0.250. The van der Waals surface area contributed by atoms with Crippen LogP contribution in [0.4, 0.5) is 0 Å². The summed E-state index contributed by atoms with van der Waals surface area (Å²) in [6.45, 7) is 0.663. The first-order valence-corrected chi connectivity index (χ1v) is 3.51. The summed E-state index contributed by atoms with van der Waals surface area (Å²) in [6.07, 6.45) is 4.21. The number of nitrogens with zero attached hydrogens (tertiary/aromatic N) is 1. The molecule has 3 heteroatoms. The molecule has 1 amide bonds. The van der Waals surface area contributed by atoms with Crippen LogP contribution in [0, 0.1) is 0 Å². The molecule has 0 aromatic carbocycles. The highest BCUT2D eigenvalue weighted by Crippen LogP contribution is 1.80. The molecule has 2 N–H and O–H groups in total. The van der Waals surface area contributed by atoms with Gasteiger partial charge in [-0.3, -0.25) is 4.79 Å². The highest BCUT2D eigenvalue weighted by molar-refractivity contribution is 5.73. The number of hydrogen-bond acceptors (Lipinski definition) is 1. The molecule has 1 aromatic heterocycles. The van der Waals surface area contributed by atoms with E-state index < -0.39 is 0 Å². The van der Waals surface area contributed by atoms with Gasteiger partial charge in [0.05, 0.1) is 6.42 Å². The number of amides is 1. The Hall–Kier alpha value is -1.38. The number of rotatable bonds is 3. The van der Waals surface area contributed by atoms with Gasteiger partial charge in [0.15, 0.2) is 18.9 Å². The summed E-state index contributed by atoms with van der Waals surface area (Å²) in [6, 6.07) is 5.77. The van der Waals surface area contributed by atoms with Crippen molar-refractivity contribution in [3.63, 3.8) is 0 Å². The molecular weight excluding hydrogens is 140 g/mol. The molecule has 0 aliphatic heterocycles. The molecule has 1 rings (SSSR count). The minimum Gasteiger partial charge on any atom is -0.369 e. The number of carbonyl (C=O) groups is 1. The molecule has 0 radical (unpaired) electrons. The van der Waals surface area contributed by atoms with Crippen molar-refractivity contribution in [1.82, 2.24) is 0 Å². The molecule has 1 heterocycles. The molecule has 0 atom stereocenters. The maximum absolute atomic E-state index is 10.4. The van der Waals surface area contributed by atoms with Gasteiger partial charge in [0.2, 0.25) is 5.91 Å². The van der Waals surface area contributed by atoms with Gasteiger partial charge in [-0.25, -0.2) is 4.57 Å². The van der Waals surface area contributed by atoms with Crippen molar-refractivity contribution in [1.29, 1.82) is 0 Å². The maximum atomic E-state index is 10.4. The number of aryl methyl sites for hydroxylation is 1. The second kappa shape index (κ2) is 3.71. The van der Waals surface area contributed by atoms with Gasteiger partial charge >= 0.3 is 0 Å². The molecule has 0 aliphatic rings. The van der Waals surface area contributed by atoms with E-state index in [9.17, 15) is 4.79 Å². The van der Waals surface area contributed by atoms with Gasteiger partial charge in [0.1, 0.15) is 0 Å². The zero-order chi connectivity index (χ0) is 8.10. The summed E-state index contributed by atoms with van der Waals surface area (Å²) in [7, 11) is 0. The molecule has 0 spiro atoms. The van der Waals surface area contributed by atoms with Crippen LogP contribution >= 0.6 is 0 Å². The summed E-state index contributed by atoms with van der Waals surface area (Å²) < 4.78 is 1.92. The highest BCUT2D eigenvalue weighted by atomic mass is 16.1. The summed E-state index contributed by atoms with van der Waals surface area (Å²) in [5, 5.41) is 0. The second-order valence-electron chi connectivity index (χ2n) is 2.33. The van der Waals surface area contributed by atoms with Crippen molar-refractivity contribution in [3.8, 4) is 0 Å². The Morgan fingerprint density at radius 1 is 1.27 bits per heavy atom. The van der Waals surface area contributed by atoms with E-state index in [1.807, 2.05) is 35.2 Å². The largest absolute Gasteiger partial charge is 0.369 e. The van der Waals surface area contributed by atoms with Crippen molar-refractivity contribution in [2.75, 3.05) is 0 Å². The van der Waals surface area contributed by atoms with Crippen molar-refractivity contribution in [2.45, 2.75) is 13.0 Å². The Morgan fingerprint density at radius 3 is 2.45 bits per heavy atom. The van der Waals surface area contributed by atoms with Gasteiger partial charge in [-0.2, -0.15) is 0 Å². The van der Waals surface area contributed by atoms with Crippen molar-refractivity contribution >= 4 is 5.91 Å². The van der Waals surface area contributed by atoms with E-state index in [0.717, 1.165) is 0 Å². The molecule has 0 bridgehead atoms. The first-order chi connectivity index (χ1) is 5.29. The Bertz CT molecular complexity index is 233. The van der Waals surface area contributed by atoms with Crippen molar-refractivity contribution in [2.24, 2.45) is 5.73 Å². The lowest BCUT2D eigenvalue weighted by molar-refractivity contribution is -0.695.